The van der Waals surface area contributed by atoms with Crippen LogP contribution in [0, 0.1) is 0 Å². The highest BCUT2D eigenvalue weighted by molar-refractivity contribution is 5.75. The van der Waals surface area contributed by atoms with E-state index in [1.54, 1.807) is 6.08 Å². The lowest BCUT2D eigenvalue weighted by atomic mass is 10.1. The predicted molar refractivity (Wildman–Crippen MR) is 43.9 cm³/mol. The topological polar surface area (TPSA) is 44.8 Å². The first-order valence-corrected chi connectivity index (χ1v) is 4.32. The molecule has 0 amide bonds. The van der Waals surface area contributed by atoms with Crippen LogP contribution in [0.2, 0.25) is 0 Å². The maximum Gasteiger partial charge on any atom is 0.192 e. The van der Waals surface area contributed by atoms with Crippen molar-refractivity contribution in [3.8, 4) is 0 Å². The average molecular weight is 184 g/mol. The van der Waals surface area contributed by atoms with Crippen LogP contribution in [0.5, 0.6) is 0 Å². The van der Waals surface area contributed by atoms with Gasteiger partial charge in [0.2, 0.25) is 0 Å². The Balaban J connectivity index is 2.19. The standard InChI is InChI=1S/C9H12O4/c1-11-8-7(6-10)5-9(13-8)3-2-4-12-9/h5-6,8H,2-4H2,1H3. The third-order valence-corrected chi connectivity index (χ3v) is 2.33. The highest BCUT2D eigenvalue weighted by Crippen LogP contribution is 2.37. The Hall–Kier alpha value is -0.710. The number of carbonyl (C=O) groups excluding carboxylic acids is 1. The van der Waals surface area contributed by atoms with Crippen LogP contribution in [0.25, 0.3) is 0 Å². The van der Waals surface area contributed by atoms with Gasteiger partial charge in [-0.25, -0.2) is 0 Å². The number of hydrogen-bond acceptors (Lipinski definition) is 4. The summed E-state index contributed by atoms with van der Waals surface area (Å²) in [6, 6.07) is 0. The van der Waals surface area contributed by atoms with E-state index in [4.69, 9.17) is 14.2 Å². The third-order valence-electron chi connectivity index (χ3n) is 2.33. The van der Waals surface area contributed by atoms with E-state index in [9.17, 15) is 4.79 Å². The fraction of sp³-hybridized carbons (Fsp3) is 0.667. The molecule has 2 atom stereocenters. The zero-order valence-electron chi connectivity index (χ0n) is 7.49. The highest BCUT2D eigenvalue weighted by Gasteiger charge is 2.43. The highest BCUT2D eigenvalue weighted by atomic mass is 16.8. The van der Waals surface area contributed by atoms with Gasteiger partial charge in [-0.1, -0.05) is 0 Å². The minimum absolute atomic E-state index is 0.518. The summed E-state index contributed by atoms with van der Waals surface area (Å²) in [6.45, 7) is 0.680. The summed E-state index contributed by atoms with van der Waals surface area (Å²) in [5.74, 6) is -0.684. The molecule has 1 saturated heterocycles. The van der Waals surface area contributed by atoms with Gasteiger partial charge in [0, 0.05) is 19.1 Å². The second-order valence-electron chi connectivity index (χ2n) is 3.21. The molecule has 0 bridgehead atoms. The van der Waals surface area contributed by atoms with Crippen LogP contribution in [0.3, 0.4) is 0 Å². The van der Waals surface area contributed by atoms with E-state index in [0.717, 1.165) is 19.1 Å². The molecule has 2 unspecified atom stereocenters. The summed E-state index contributed by atoms with van der Waals surface area (Å²) in [7, 11) is 1.51. The van der Waals surface area contributed by atoms with Crippen LogP contribution >= 0.6 is 0 Å². The summed E-state index contributed by atoms with van der Waals surface area (Å²) in [5.41, 5.74) is 0.518. The van der Waals surface area contributed by atoms with E-state index >= 15 is 0 Å². The minimum atomic E-state index is -0.684. The van der Waals surface area contributed by atoms with E-state index in [2.05, 4.69) is 0 Å². The zero-order chi connectivity index (χ0) is 9.31. The minimum Gasteiger partial charge on any atom is -0.351 e. The smallest absolute Gasteiger partial charge is 0.192 e. The molecule has 0 aromatic rings. The number of rotatable bonds is 2. The monoisotopic (exact) mass is 184 g/mol. The number of aldehydes is 1. The first-order valence-electron chi connectivity index (χ1n) is 4.32. The van der Waals surface area contributed by atoms with Crippen LogP contribution < -0.4 is 0 Å². The van der Waals surface area contributed by atoms with Gasteiger partial charge < -0.3 is 14.2 Å². The average Bonchev–Trinajstić information content (AvgIpc) is 2.74. The molecule has 2 rings (SSSR count). The van der Waals surface area contributed by atoms with Crippen molar-refractivity contribution in [1.29, 1.82) is 0 Å². The second-order valence-corrected chi connectivity index (χ2v) is 3.21. The van der Waals surface area contributed by atoms with Crippen molar-refractivity contribution < 1.29 is 19.0 Å². The molecule has 1 fully saturated rings. The molecule has 0 aromatic carbocycles. The molecule has 72 valence electrons. The Kier molecular flexibility index (Phi) is 2.19. The number of ether oxygens (including phenoxy) is 3. The van der Waals surface area contributed by atoms with Crippen LogP contribution in [0.4, 0.5) is 0 Å². The lowest BCUT2D eigenvalue weighted by Crippen LogP contribution is -2.28. The molecule has 4 heteroatoms. The lowest BCUT2D eigenvalue weighted by Gasteiger charge is -2.21. The summed E-state index contributed by atoms with van der Waals surface area (Å²) < 4.78 is 15.9. The quantitative estimate of drug-likeness (QED) is 0.590. The molecule has 0 aliphatic carbocycles. The molecule has 0 saturated carbocycles. The van der Waals surface area contributed by atoms with E-state index in [1.165, 1.54) is 7.11 Å². The zero-order valence-corrected chi connectivity index (χ0v) is 7.49. The van der Waals surface area contributed by atoms with Crippen molar-refractivity contribution >= 4 is 6.29 Å². The predicted octanol–water partition coefficient (Wildman–Crippen LogP) is 0.621. The van der Waals surface area contributed by atoms with E-state index < -0.39 is 12.1 Å². The Morgan fingerprint density at radius 2 is 2.62 bits per heavy atom. The number of methoxy groups -OCH3 is 1. The molecule has 0 aromatic heterocycles. The molecule has 0 radical (unpaired) electrons. The second kappa shape index (κ2) is 3.21. The van der Waals surface area contributed by atoms with Crippen LogP contribution in [0.15, 0.2) is 11.6 Å². The maximum atomic E-state index is 10.6. The van der Waals surface area contributed by atoms with Gasteiger partial charge in [-0.05, 0) is 12.5 Å². The lowest BCUT2D eigenvalue weighted by molar-refractivity contribution is -0.234. The Bertz CT molecular complexity index is 240. The van der Waals surface area contributed by atoms with Gasteiger partial charge in [-0.15, -0.1) is 0 Å². The number of hydrogen-bond donors (Lipinski definition) is 0. The first kappa shape index (κ1) is 8.87. The molecular weight excluding hydrogens is 172 g/mol. The molecule has 2 aliphatic rings. The van der Waals surface area contributed by atoms with Gasteiger partial charge in [0.1, 0.15) is 0 Å². The Morgan fingerprint density at radius 3 is 3.08 bits per heavy atom. The molecular formula is C9H12O4. The molecule has 4 nitrogen and oxygen atoms in total. The summed E-state index contributed by atoms with van der Waals surface area (Å²) in [4.78, 5) is 10.6. The molecule has 0 N–H and O–H groups in total. The van der Waals surface area contributed by atoms with Crippen LogP contribution in [0.1, 0.15) is 12.8 Å². The van der Waals surface area contributed by atoms with E-state index in [1.807, 2.05) is 0 Å². The summed E-state index contributed by atoms with van der Waals surface area (Å²) in [5, 5.41) is 0. The van der Waals surface area contributed by atoms with Crippen LogP contribution in [-0.2, 0) is 19.0 Å². The van der Waals surface area contributed by atoms with Crippen molar-refractivity contribution in [2.24, 2.45) is 0 Å². The van der Waals surface area contributed by atoms with Crippen LogP contribution in [-0.4, -0.2) is 32.1 Å². The van der Waals surface area contributed by atoms with Crippen molar-refractivity contribution in [2.75, 3.05) is 13.7 Å². The number of carbonyl (C=O) groups is 1. The first-order chi connectivity index (χ1) is 6.29. The van der Waals surface area contributed by atoms with E-state index in [0.29, 0.717) is 12.2 Å². The van der Waals surface area contributed by atoms with Gasteiger partial charge in [0.25, 0.3) is 0 Å². The maximum absolute atomic E-state index is 10.6. The molecule has 2 heterocycles. The van der Waals surface area contributed by atoms with Gasteiger partial charge >= 0.3 is 0 Å². The SMILES string of the molecule is COC1OC2(C=C1C=O)CCCO2. The molecule has 1 spiro atoms. The van der Waals surface area contributed by atoms with E-state index in [-0.39, 0.29) is 0 Å². The fourth-order valence-corrected chi connectivity index (χ4v) is 1.72. The Labute approximate surface area is 76.5 Å². The Morgan fingerprint density at radius 1 is 1.77 bits per heavy atom. The fourth-order valence-electron chi connectivity index (χ4n) is 1.72. The normalized spacial score (nSPS) is 38.2. The van der Waals surface area contributed by atoms with Crippen molar-refractivity contribution in [3.63, 3.8) is 0 Å². The summed E-state index contributed by atoms with van der Waals surface area (Å²) in [6.07, 6.45) is 3.67. The largest absolute Gasteiger partial charge is 0.351 e. The van der Waals surface area contributed by atoms with Crippen molar-refractivity contribution in [3.05, 3.63) is 11.6 Å². The van der Waals surface area contributed by atoms with Crippen molar-refractivity contribution in [2.45, 2.75) is 24.9 Å². The molecule has 2 aliphatic heterocycles. The van der Waals surface area contributed by atoms with Gasteiger partial charge in [-0.3, -0.25) is 4.79 Å². The molecule has 13 heavy (non-hydrogen) atoms. The summed E-state index contributed by atoms with van der Waals surface area (Å²) >= 11 is 0. The van der Waals surface area contributed by atoms with Gasteiger partial charge in [0.15, 0.2) is 18.4 Å². The van der Waals surface area contributed by atoms with Crippen molar-refractivity contribution in [1.82, 2.24) is 0 Å². The van der Waals surface area contributed by atoms with Gasteiger partial charge in [0.05, 0.1) is 6.61 Å². The van der Waals surface area contributed by atoms with Gasteiger partial charge in [-0.2, -0.15) is 0 Å². The third kappa shape index (κ3) is 1.41.